The van der Waals surface area contributed by atoms with Gasteiger partial charge in [0, 0.05) is 27.7 Å². The molecule has 4 rings (SSSR count). The SMILES string of the molecule is Cc1occc1C(=O)N/N=C1\CCCc2oc(C(=O)Nc3ccc(Br)cc3)c(C)c21. The van der Waals surface area contributed by atoms with Crippen LogP contribution in [0.5, 0.6) is 0 Å². The fourth-order valence-corrected chi connectivity index (χ4v) is 3.78. The van der Waals surface area contributed by atoms with Crippen LogP contribution >= 0.6 is 15.9 Å². The second kappa shape index (κ2) is 8.31. The van der Waals surface area contributed by atoms with Crippen molar-refractivity contribution in [1.29, 1.82) is 0 Å². The quantitative estimate of drug-likeness (QED) is 0.526. The molecular weight excluding hydrogens is 450 g/mol. The molecule has 2 heterocycles. The van der Waals surface area contributed by atoms with Crippen LogP contribution in [0, 0.1) is 13.8 Å². The van der Waals surface area contributed by atoms with Crippen LogP contribution in [-0.4, -0.2) is 17.5 Å². The zero-order chi connectivity index (χ0) is 21.3. The maximum Gasteiger partial charge on any atom is 0.291 e. The first-order chi connectivity index (χ1) is 14.4. The lowest BCUT2D eigenvalue weighted by atomic mass is 9.93. The van der Waals surface area contributed by atoms with Crippen molar-refractivity contribution in [1.82, 2.24) is 5.43 Å². The van der Waals surface area contributed by atoms with Gasteiger partial charge >= 0.3 is 0 Å². The van der Waals surface area contributed by atoms with E-state index in [4.69, 9.17) is 8.83 Å². The summed E-state index contributed by atoms with van der Waals surface area (Å²) in [6.45, 7) is 3.55. The number of halogens is 1. The number of rotatable bonds is 4. The second-order valence-electron chi connectivity index (χ2n) is 7.06. The first kappa shape index (κ1) is 20.2. The Bertz CT molecular complexity index is 1140. The third-order valence-corrected chi connectivity index (χ3v) is 5.56. The number of hydrogen-bond donors (Lipinski definition) is 2. The monoisotopic (exact) mass is 469 g/mol. The molecule has 0 fully saturated rings. The van der Waals surface area contributed by atoms with Crippen LogP contribution in [-0.2, 0) is 6.42 Å². The Morgan fingerprint density at radius 2 is 1.83 bits per heavy atom. The van der Waals surface area contributed by atoms with E-state index in [0.29, 0.717) is 40.5 Å². The fraction of sp³-hybridized carbons (Fsp3) is 0.227. The number of anilines is 1. The molecule has 154 valence electrons. The molecule has 1 aromatic carbocycles. The van der Waals surface area contributed by atoms with Crippen molar-refractivity contribution in [2.45, 2.75) is 33.1 Å². The number of furan rings is 2. The second-order valence-corrected chi connectivity index (χ2v) is 7.97. The molecule has 30 heavy (non-hydrogen) atoms. The first-order valence-corrected chi connectivity index (χ1v) is 10.3. The van der Waals surface area contributed by atoms with Crippen molar-refractivity contribution in [3.8, 4) is 0 Å². The van der Waals surface area contributed by atoms with Gasteiger partial charge in [0.2, 0.25) is 0 Å². The van der Waals surface area contributed by atoms with Crippen molar-refractivity contribution in [2.75, 3.05) is 5.32 Å². The number of hydrazone groups is 1. The Labute approximate surface area is 181 Å². The molecule has 0 spiro atoms. The summed E-state index contributed by atoms with van der Waals surface area (Å²) in [5.41, 5.74) is 5.92. The van der Waals surface area contributed by atoms with Gasteiger partial charge in [-0.1, -0.05) is 15.9 Å². The van der Waals surface area contributed by atoms with Crippen LogP contribution in [0.25, 0.3) is 0 Å². The summed E-state index contributed by atoms with van der Waals surface area (Å²) < 4.78 is 12.0. The number of aryl methyl sites for hydroxylation is 2. The van der Waals surface area contributed by atoms with E-state index in [1.165, 1.54) is 6.26 Å². The Balaban J connectivity index is 1.57. The normalized spacial score (nSPS) is 14.4. The highest BCUT2D eigenvalue weighted by molar-refractivity contribution is 9.10. The number of nitrogens with zero attached hydrogens (tertiary/aromatic N) is 1. The Hall–Kier alpha value is -3.13. The summed E-state index contributed by atoms with van der Waals surface area (Å²) in [5, 5.41) is 7.18. The predicted octanol–water partition coefficient (Wildman–Crippen LogP) is 4.97. The standard InChI is InChI=1S/C22H20BrN3O4/c1-12-19-17(25-26-21(27)16-10-11-29-13(16)2)4-3-5-18(19)30-20(12)22(28)24-15-8-6-14(23)7-9-15/h6-11H,3-5H2,1-2H3,(H,24,28)(H,26,27)/b25-17+. The van der Waals surface area contributed by atoms with Gasteiger partial charge in [0.1, 0.15) is 11.5 Å². The van der Waals surface area contributed by atoms with E-state index < -0.39 is 0 Å². The van der Waals surface area contributed by atoms with Gasteiger partial charge < -0.3 is 14.2 Å². The fourth-order valence-electron chi connectivity index (χ4n) is 3.52. The van der Waals surface area contributed by atoms with E-state index in [1.807, 2.05) is 19.1 Å². The number of benzene rings is 1. The minimum Gasteiger partial charge on any atom is -0.469 e. The van der Waals surface area contributed by atoms with Crippen molar-refractivity contribution in [3.05, 3.63) is 75.0 Å². The van der Waals surface area contributed by atoms with Gasteiger partial charge in [0.15, 0.2) is 5.76 Å². The molecule has 2 aromatic heterocycles. The molecule has 1 aliphatic rings. The lowest BCUT2D eigenvalue weighted by Crippen LogP contribution is -2.22. The zero-order valence-corrected chi connectivity index (χ0v) is 18.1. The summed E-state index contributed by atoms with van der Waals surface area (Å²) in [5.74, 6) is 0.849. The van der Waals surface area contributed by atoms with E-state index in [-0.39, 0.29) is 17.6 Å². The number of carbonyl (C=O) groups excluding carboxylic acids is 2. The van der Waals surface area contributed by atoms with Crippen molar-refractivity contribution in [3.63, 3.8) is 0 Å². The number of fused-ring (bicyclic) bond motifs is 1. The average Bonchev–Trinajstić information content (AvgIpc) is 3.31. The van der Waals surface area contributed by atoms with Gasteiger partial charge in [-0.25, -0.2) is 5.43 Å². The van der Waals surface area contributed by atoms with Crippen LogP contribution in [0.15, 0.2) is 55.0 Å². The number of carbonyl (C=O) groups is 2. The minimum atomic E-state index is -0.338. The Morgan fingerprint density at radius 3 is 2.53 bits per heavy atom. The van der Waals surface area contributed by atoms with Gasteiger partial charge in [-0.3, -0.25) is 9.59 Å². The maximum absolute atomic E-state index is 12.8. The first-order valence-electron chi connectivity index (χ1n) is 9.54. The van der Waals surface area contributed by atoms with Crippen LogP contribution in [0.3, 0.4) is 0 Å². The molecular formula is C22H20BrN3O4. The van der Waals surface area contributed by atoms with E-state index in [0.717, 1.165) is 22.9 Å². The molecule has 7 nitrogen and oxygen atoms in total. The highest BCUT2D eigenvalue weighted by atomic mass is 79.9. The molecule has 0 radical (unpaired) electrons. The van der Waals surface area contributed by atoms with Crippen LogP contribution in [0.4, 0.5) is 5.69 Å². The summed E-state index contributed by atoms with van der Waals surface area (Å²) in [6.07, 6.45) is 3.70. The molecule has 1 aliphatic carbocycles. The van der Waals surface area contributed by atoms with Gasteiger partial charge in [-0.05, 0) is 57.0 Å². The largest absolute Gasteiger partial charge is 0.469 e. The molecule has 3 aromatic rings. The maximum atomic E-state index is 12.8. The third-order valence-electron chi connectivity index (χ3n) is 5.03. The van der Waals surface area contributed by atoms with Crippen molar-refractivity contribution < 1.29 is 18.4 Å². The lowest BCUT2D eigenvalue weighted by molar-refractivity contribution is 0.0952. The molecule has 0 saturated heterocycles. The van der Waals surface area contributed by atoms with Gasteiger partial charge in [0.25, 0.3) is 11.8 Å². The third kappa shape index (κ3) is 3.95. The highest BCUT2D eigenvalue weighted by Crippen LogP contribution is 2.30. The molecule has 2 amide bonds. The number of amides is 2. The highest BCUT2D eigenvalue weighted by Gasteiger charge is 2.28. The van der Waals surface area contributed by atoms with Gasteiger partial charge in [-0.15, -0.1) is 0 Å². The summed E-state index contributed by atoms with van der Waals surface area (Å²) in [4.78, 5) is 25.1. The van der Waals surface area contributed by atoms with E-state index >= 15 is 0 Å². The Morgan fingerprint density at radius 1 is 1.07 bits per heavy atom. The predicted molar refractivity (Wildman–Crippen MR) is 116 cm³/mol. The van der Waals surface area contributed by atoms with E-state index in [9.17, 15) is 9.59 Å². The summed E-state index contributed by atoms with van der Waals surface area (Å²) >= 11 is 3.38. The minimum absolute atomic E-state index is 0.259. The molecule has 0 bridgehead atoms. The molecule has 8 heteroatoms. The van der Waals surface area contributed by atoms with Crippen LogP contribution < -0.4 is 10.7 Å². The zero-order valence-electron chi connectivity index (χ0n) is 16.5. The molecule has 0 aliphatic heterocycles. The summed E-state index contributed by atoms with van der Waals surface area (Å²) in [7, 11) is 0. The van der Waals surface area contributed by atoms with Crippen molar-refractivity contribution >= 4 is 39.1 Å². The smallest absolute Gasteiger partial charge is 0.291 e. The van der Waals surface area contributed by atoms with Crippen LogP contribution in [0.1, 0.15) is 56.4 Å². The van der Waals surface area contributed by atoms with Gasteiger partial charge in [-0.2, -0.15) is 5.10 Å². The van der Waals surface area contributed by atoms with Gasteiger partial charge in [0.05, 0.1) is 17.5 Å². The Kier molecular flexibility index (Phi) is 5.59. The average molecular weight is 470 g/mol. The molecule has 0 saturated carbocycles. The topological polar surface area (TPSA) is 96.8 Å². The van der Waals surface area contributed by atoms with Crippen LogP contribution in [0.2, 0.25) is 0 Å². The summed E-state index contributed by atoms with van der Waals surface area (Å²) in [6, 6.07) is 8.92. The van der Waals surface area contributed by atoms with E-state index in [2.05, 4.69) is 31.8 Å². The van der Waals surface area contributed by atoms with Crippen molar-refractivity contribution in [2.24, 2.45) is 5.10 Å². The number of hydrogen-bond acceptors (Lipinski definition) is 5. The lowest BCUT2D eigenvalue weighted by Gasteiger charge is -2.13. The molecule has 2 N–H and O–H groups in total. The molecule has 0 atom stereocenters. The number of nitrogens with one attached hydrogen (secondary N) is 2. The molecule has 0 unspecified atom stereocenters. The van der Waals surface area contributed by atoms with E-state index in [1.54, 1.807) is 25.1 Å².